The molecule has 1 amide bonds. The number of anilines is 2. The Hall–Kier alpha value is -4.43. The molecule has 3 N–H and O–H groups in total. The van der Waals surface area contributed by atoms with Gasteiger partial charge in [-0.25, -0.2) is 18.4 Å². The number of carbonyl (C=O) groups excluding carboxylic acids is 1. The number of carbonyl (C=O) groups is 2. The lowest BCUT2D eigenvalue weighted by Gasteiger charge is -2.47. The third kappa shape index (κ3) is 4.68. The van der Waals surface area contributed by atoms with E-state index < -0.39 is 52.4 Å². The molecule has 2 aromatic carbocycles. The molecule has 4 heterocycles. The van der Waals surface area contributed by atoms with Gasteiger partial charge in [-0.05, 0) is 37.5 Å². The van der Waals surface area contributed by atoms with Crippen LogP contribution >= 0.6 is 0 Å². The quantitative estimate of drug-likeness (QED) is 0.363. The Bertz CT molecular complexity index is 1760. The second-order valence-corrected chi connectivity index (χ2v) is 11.8. The van der Waals surface area contributed by atoms with E-state index >= 15 is 4.39 Å². The van der Waals surface area contributed by atoms with Crippen molar-refractivity contribution in [1.29, 1.82) is 0 Å². The van der Waals surface area contributed by atoms with E-state index in [0.717, 1.165) is 25.0 Å². The third-order valence-corrected chi connectivity index (χ3v) is 8.75. The molecule has 7 rings (SSSR count). The van der Waals surface area contributed by atoms with Gasteiger partial charge in [-0.3, -0.25) is 9.69 Å². The van der Waals surface area contributed by atoms with Crippen molar-refractivity contribution < 1.29 is 47.9 Å². The molecule has 1 aliphatic carbocycles. The first-order valence-electron chi connectivity index (χ1n) is 14.3. The number of amides is 1. The van der Waals surface area contributed by atoms with E-state index in [0.29, 0.717) is 5.52 Å². The average molecular weight is 614 g/mol. The van der Waals surface area contributed by atoms with Crippen LogP contribution in [-0.4, -0.2) is 82.6 Å². The van der Waals surface area contributed by atoms with E-state index in [1.807, 2.05) is 0 Å². The molecular weight excluding hydrogens is 584 g/mol. The van der Waals surface area contributed by atoms with E-state index in [4.69, 9.17) is 14.2 Å². The molecule has 14 heteroatoms. The van der Waals surface area contributed by atoms with Gasteiger partial charge in [0.15, 0.2) is 23.1 Å². The maximum Gasteiger partial charge on any atom is 0.414 e. The number of hydrogen-bond acceptors (Lipinski definition) is 9. The first kappa shape index (κ1) is 28.3. The number of fused-ring (bicyclic) bond motifs is 5. The molecule has 1 saturated carbocycles. The summed E-state index contributed by atoms with van der Waals surface area (Å²) in [5.41, 5.74) is -1.85. The normalized spacial score (nSPS) is 24.5. The summed E-state index contributed by atoms with van der Waals surface area (Å²) in [5.74, 6) is -2.81. The number of rotatable bonds is 7. The summed E-state index contributed by atoms with van der Waals surface area (Å²) in [5, 5.41) is 30.1. The minimum Gasteiger partial charge on any atom is -0.488 e. The zero-order chi connectivity index (χ0) is 30.9. The van der Waals surface area contributed by atoms with Crippen LogP contribution < -0.4 is 24.7 Å². The van der Waals surface area contributed by atoms with Crippen LogP contribution in [0, 0.1) is 11.6 Å². The molecule has 4 aliphatic rings. The predicted molar refractivity (Wildman–Crippen MR) is 151 cm³/mol. The fourth-order valence-electron chi connectivity index (χ4n) is 6.37. The van der Waals surface area contributed by atoms with E-state index in [-0.39, 0.29) is 80.1 Å². The summed E-state index contributed by atoms with van der Waals surface area (Å²) >= 11 is 0. The Balaban J connectivity index is 1.10. The Morgan fingerprint density at radius 3 is 2.61 bits per heavy atom. The molecule has 0 bridgehead atoms. The van der Waals surface area contributed by atoms with Crippen molar-refractivity contribution in [2.75, 3.05) is 42.7 Å². The fourth-order valence-corrected chi connectivity index (χ4v) is 6.37. The number of aliphatic hydroxyl groups excluding tert-OH is 1. The van der Waals surface area contributed by atoms with Crippen LogP contribution in [-0.2, 0) is 4.74 Å². The average Bonchev–Trinajstić information content (AvgIpc) is 3.77. The standard InChI is InChI=1S/C30H29F2N3O9/c31-21-7-16(35-10-18(12-36)44-29(35)40)3-4-23(21)43-14-30(41)5-6-33-17(9-30)13-42-27-24-19(8-22(32)25(27)33)26(37)20(28(38)39)11-34(24)15-1-2-15/h3-4,7-8,11,15,17-18,36,41H,1-2,5-6,9-10,12-14H2,(H,38,39)/t17-,18+,30+/m0/s1. The summed E-state index contributed by atoms with van der Waals surface area (Å²) in [6.45, 7) is -0.238. The molecule has 44 heavy (non-hydrogen) atoms. The number of ether oxygens (including phenoxy) is 3. The van der Waals surface area contributed by atoms with Crippen molar-refractivity contribution in [3.63, 3.8) is 0 Å². The number of benzene rings is 2. The van der Waals surface area contributed by atoms with Gasteiger partial charge in [0.25, 0.3) is 0 Å². The lowest BCUT2D eigenvalue weighted by Crippen LogP contribution is -2.56. The molecule has 3 fully saturated rings. The Kier molecular flexibility index (Phi) is 6.66. The molecule has 0 unspecified atom stereocenters. The number of pyridine rings is 1. The first-order chi connectivity index (χ1) is 21.1. The third-order valence-electron chi connectivity index (χ3n) is 8.75. The van der Waals surface area contributed by atoms with Gasteiger partial charge in [0.05, 0.1) is 35.8 Å². The molecule has 0 spiro atoms. The number of nitrogens with zero attached hydrogens (tertiary/aromatic N) is 3. The van der Waals surface area contributed by atoms with Gasteiger partial charge < -0.3 is 39.0 Å². The van der Waals surface area contributed by atoms with Gasteiger partial charge in [0.2, 0.25) is 5.43 Å². The summed E-state index contributed by atoms with van der Waals surface area (Å²) < 4.78 is 49.0. The van der Waals surface area contributed by atoms with Gasteiger partial charge in [0.1, 0.15) is 36.2 Å². The van der Waals surface area contributed by atoms with Crippen molar-refractivity contribution in [2.45, 2.75) is 49.5 Å². The molecule has 12 nitrogen and oxygen atoms in total. The van der Waals surface area contributed by atoms with Gasteiger partial charge in [-0.15, -0.1) is 0 Å². The van der Waals surface area contributed by atoms with Gasteiger partial charge in [-0.1, -0.05) is 0 Å². The van der Waals surface area contributed by atoms with Crippen molar-refractivity contribution in [3.05, 3.63) is 57.9 Å². The number of aromatic nitrogens is 1. The minimum absolute atomic E-state index is 0.0215. The van der Waals surface area contributed by atoms with Crippen molar-refractivity contribution in [3.8, 4) is 11.5 Å². The number of halogens is 2. The van der Waals surface area contributed by atoms with Crippen LogP contribution in [0.25, 0.3) is 10.9 Å². The van der Waals surface area contributed by atoms with Gasteiger partial charge in [0, 0.05) is 31.3 Å². The maximum absolute atomic E-state index is 15.7. The van der Waals surface area contributed by atoms with Crippen molar-refractivity contribution >= 4 is 34.3 Å². The van der Waals surface area contributed by atoms with E-state index in [1.165, 1.54) is 23.2 Å². The Morgan fingerprint density at radius 1 is 1.14 bits per heavy atom. The molecule has 1 aromatic heterocycles. The number of carboxylic acid groups (broad SMARTS) is 1. The number of aliphatic hydroxyl groups is 2. The first-order valence-corrected chi connectivity index (χ1v) is 14.3. The van der Waals surface area contributed by atoms with Crippen LogP contribution in [0.15, 0.2) is 35.3 Å². The maximum atomic E-state index is 15.7. The summed E-state index contributed by atoms with van der Waals surface area (Å²) in [4.78, 5) is 39.7. The lowest BCUT2D eigenvalue weighted by atomic mass is 9.86. The van der Waals surface area contributed by atoms with Crippen molar-refractivity contribution in [1.82, 2.24) is 4.57 Å². The Morgan fingerprint density at radius 2 is 1.93 bits per heavy atom. The monoisotopic (exact) mass is 613 g/mol. The largest absolute Gasteiger partial charge is 0.488 e. The number of piperidine rings is 1. The molecule has 2 saturated heterocycles. The molecule has 3 atom stereocenters. The summed E-state index contributed by atoms with van der Waals surface area (Å²) in [7, 11) is 0. The number of hydrogen-bond donors (Lipinski definition) is 3. The van der Waals surface area contributed by atoms with E-state index in [2.05, 4.69) is 0 Å². The Labute approximate surface area is 248 Å². The highest BCUT2D eigenvalue weighted by Crippen LogP contribution is 2.47. The number of aromatic carboxylic acids is 1. The zero-order valence-corrected chi connectivity index (χ0v) is 23.4. The van der Waals surface area contributed by atoms with E-state index in [1.54, 1.807) is 9.47 Å². The SMILES string of the molecule is O=C(O)c1cn(C2CC2)c2c3c(c(F)cc2c1=O)N1CC[C@](O)(COc2ccc(N4C[C@H](CO)OC4=O)cc2F)C[C@H]1CO3. The highest BCUT2D eigenvalue weighted by atomic mass is 19.1. The van der Waals surface area contributed by atoms with Crippen LogP contribution in [0.1, 0.15) is 42.1 Å². The molecular formula is C30H29F2N3O9. The topological polar surface area (TPSA) is 151 Å². The highest BCUT2D eigenvalue weighted by Gasteiger charge is 2.44. The molecule has 232 valence electrons. The van der Waals surface area contributed by atoms with Crippen LogP contribution in [0.2, 0.25) is 0 Å². The van der Waals surface area contributed by atoms with E-state index in [9.17, 15) is 34.1 Å². The number of carboxylic acids is 1. The highest BCUT2D eigenvalue weighted by molar-refractivity contribution is 5.97. The smallest absolute Gasteiger partial charge is 0.414 e. The van der Waals surface area contributed by atoms with Gasteiger partial charge >= 0.3 is 12.1 Å². The second kappa shape index (κ2) is 10.3. The molecule has 3 aromatic rings. The minimum atomic E-state index is -1.39. The summed E-state index contributed by atoms with van der Waals surface area (Å²) in [6, 6.07) is 4.53. The van der Waals surface area contributed by atoms with Crippen molar-refractivity contribution in [2.24, 2.45) is 0 Å². The number of cyclic esters (lactones) is 1. The lowest BCUT2D eigenvalue weighted by molar-refractivity contribution is -0.0401. The molecule has 0 radical (unpaired) electrons. The summed E-state index contributed by atoms with van der Waals surface area (Å²) in [6.07, 6.45) is 1.78. The van der Waals surface area contributed by atoms with Gasteiger partial charge in [-0.2, -0.15) is 0 Å². The van der Waals surface area contributed by atoms with Crippen LogP contribution in [0.3, 0.4) is 0 Å². The van der Waals surface area contributed by atoms with Crippen LogP contribution in [0.4, 0.5) is 25.0 Å². The predicted octanol–water partition coefficient (Wildman–Crippen LogP) is 2.80. The fraction of sp³-hybridized carbons (Fsp3) is 0.433. The second-order valence-electron chi connectivity index (χ2n) is 11.8. The zero-order valence-electron chi connectivity index (χ0n) is 23.4. The molecule has 3 aliphatic heterocycles. The van der Waals surface area contributed by atoms with Crippen LogP contribution in [0.5, 0.6) is 11.5 Å².